The Labute approximate surface area is 94.1 Å². The van der Waals surface area contributed by atoms with E-state index in [1.807, 2.05) is 0 Å². The Hall–Kier alpha value is -1.36. The van der Waals surface area contributed by atoms with Gasteiger partial charge in [0.1, 0.15) is 6.26 Å². The summed E-state index contributed by atoms with van der Waals surface area (Å²) < 4.78 is 9.81. The van der Waals surface area contributed by atoms with Crippen molar-refractivity contribution in [3.8, 4) is 0 Å². The van der Waals surface area contributed by atoms with Crippen LogP contribution in [0.25, 0.3) is 0 Å². The highest BCUT2D eigenvalue weighted by molar-refractivity contribution is 5.91. The normalized spacial score (nSPS) is 17.8. The van der Waals surface area contributed by atoms with Crippen molar-refractivity contribution in [2.75, 3.05) is 20.3 Å². The van der Waals surface area contributed by atoms with Crippen molar-refractivity contribution in [2.24, 2.45) is 5.41 Å². The van der Waals surface area contributed by atoms with Gasteiger partial charge >= 0.3 is 0 Å². The van der Waals surface area contributed by atoms with Gasteiger partial charge in [-0.25, -0.2) is 0 Å². The van der Waals surface area contributed by atoms with E-state index < -0.39 is 0 Å². The minimum absolute atomic E-state index is 0.133. The van der Waals surface area contributed by atoms with Crippen LogP contribution in [0.4, 0.5) is 0 Å². The number of carbonyl (C=O) groups excluding carboxylic acids is 1. The average molecular weight is 224 g/mol. The maximum absolute atomic E-state index is 11.6. The highest BCUT2D eigenvalue weighted by Gasteiger charge is 2.37. The van der Waals surface area contributed by atoms with Gasteiger partial charge in [-0.3, -0.25) is 4.79 Å². The number of hydrogen-bond acceptors (Lipinski definition) is 4. The number of methoxy groups -OCH3 is 1. The lowest BCUT2D eigenvalue weighted by Gasteiger charge is -2.41. The molecule has 0 spiro atoms. The summed E-state index contributed by atoms with van der Waals surface area (Å²) in [6, 6.07) is 1.55. The molecule has 0 radical (unpaired) electrons. The monoisotopic (exact) mass is 224 g/mol. The fourth-order valence-corrected chi connectivity index (χ4v) is 2.04. The molecule has 1 fully saturated rings. The van der Waals surface area contributed by atoms with Gasteiger partial charge in [-0.2, -0.15) is 0 Å². The van der Waals surface area contributed by atoms with Crippen LogP contribution in [-0.2, 0) is 4.74 Å². The summed E-state index contributed by atoms with van der Waals surface area (Å²) in [6.45, 7) is 1.35. The van der Waals surface area contributed by atoms with Crippen LogP contribution in [0.3, 0.4) is 0 Å². The molecule has 5 nitrogen and oxygen atoms in total. The molecule has 0 saturated heterocycles. The van der Waals surface area contributed by atoms with Gasteiger partial charge < -0.3 is 14.6 Å². The van der Waals surface area contributed by atoms with Crippen LogP contribution in [0.5, 0.6) is 0 Å². The quantitative estimate of drug-likeness (QED) is 0.816. The van der Waals surface area contributed by atoms with Crippen molar-refractivity contribution in [1.82, 2.24) is 10.5 Å². The van der Waals surface area contributed by atoms with E-state index in [2.05, 4.69) is 15.0 Å². The van der Waals surface area contributed by atoms with Gasteiger partial charge in [0.15, 0.2) is 5.69 Å². The number of aromatic nitrogens is 1. The fourth-order valence-electron chi connectivity index (χ4n) is 2.04. The largest absolute Gasteiger partial charge is 0.384 e. The zero-order chi connectivity index (χ0) is 11.4. The van der Waals surface area contributed by atoms with E-state index in [-0.39, 0.29) is 11.3 Å². The van der Waals surface area contributed by atoms with Crippen molar-refractivity contribution in [3.63, 3.8) is 0 Å². The second-order valence-electron chi connectivity index (χ2n) is 4.35. The first kappa shape index (κ1) is 11.1. The summed E-state index contributed by atoms with van der Waals surface area (Å²) in [7, 11) is 1.69. The Morgan fingerprint density at radius 3 is 3.00 bits per heavy atom. The Kier molecular flexibility index (Phi) is 3.24. The van der Waals surface area contributed by atoms with Crippen molar-refractivity contribution < 1.29 is 14.1 Å². The summed E-state index contributed by atoms with van der Waals surface area (Å²) >= 11 is 0. The van der Waals surface area contributed by atoms with Crippen LogP contribution >= 0.6 is 0 Å². The minimum atomic E-state index is -0.184. The van der Waals surface area contributed by atoms with Gasteiger partial charge in [0, 0.05) is 25.1 Å². The third-order valence-electron chi connectivity index (χ3n) is 3.16. The van der Waals surface area contributed by atoms with E-state index in [9.17, 15) is 4.79 Å². The van der Waals surface area contributed by atoms with Crippen LogP contribution < -0.4 is 5.32 Å². The molecule has 0 aliphatic heterocycles. The lowest BCUT2D eigenvalue weighted by molar-refractivity contribution is 0.0179. The lowest BCUT2D eigenvalue weighted by Crippen LogP contribution is -2.45. The number of carbonyl (C=O) groups is 1. The van der Waals surface area contributed by atoms with E-state index >= 15 is 0 Å². The number of rotatable bonds is 5. The van der Waals surface area contributed by atoms with Crippen LogP contribution in [0.2, 0.25) is 0 Å². The maximum Gasteiger partial charge on any atom is 0.273 e. The second-order valence-corrected chi connectivity index (χ2v) is 4.35. The van der Waals surface area contributed by atoms with Gasteiger partial charge in [0.2, 0.25) is 0 Å². The number of amides is 1. The van der Waals surface area contributed by atoms with Crippen LogP contribution in [0.15, 0.2) is 16.9 Å². The van der Waals surface area contributed by atoms with Crippen LogP contribution in [0.1, 0.15) is 29.8 Å². The molecule has 2 rings (SSSR count). The van der Waals surface area contributed by atoms with Gasteiger partial charge in [-0.15, -0.1) is 0 Å². The molecule has 1 aliphatic rings. The van der Waals surface area contributed by atoms with Crippen LogP contribution in [-0.4, -0.2) is 31.3 Å². The first-order valence-corrected chi connectivity index (χ1v) is 5.43. The smallest absolute Gasteiger partial charge is 0.273 e. The molecular formula is C11H16N2O3. The Balaban J connectivity index is 1.84. The zero-order valence-electron chi connectivity index (χ0n) is 9.36. The highest BCUT2D eigenvalue weighted by Crippen LogP contribution is 2.40. The second kappa shape index (κ2) is 4.65. The molecule has 16 heavy (non-hydrogen) atoms. The summed E-state index contributed by atoms with van der Waals surface area (Å²) in [6.07, 6.45) is 4.83. The van der Waals surface area contributed by atoms with E-state index in [1.54, 1.807) is 13.2 Å². The molecule has 0 unspecified atom stereocenters. The van der Waals surface area contributed by atoms with Gasteiger partial charge in [-0.05, 0) is 12.8 Å². The Morgan fingerprint density at radius 1 is 1.69 bits per heavy atom. The van der Waals surface area contributed by atoms with Crippen molar-refractivity contribution in [3.05, 3.63) is 18.0 Å². The molecule has 1 aromatic rings. The molecule has 1 aromatic heterocycles. The van der Waals surface area contributed by atoms with Gasteiger partial charge in [0.05, 0.1) is 6.61 Å². The third kappa shape index (κ3) is 2.24. The fraction of sp³-hybridized carbons (Fsp3) is 0.636. The van der Waals surface area contributed by atoms with Gasteiger partial charge in [-0.1, -0.05) is 11.6 Å². The molecule has 0 bridgehead atoms. The molecule has 1 N–H and O–H groups in total. The molecule has 88 valence electrons. The predicted octanol–water partition coefficient (Wildman–Crippen LogP) is 1.22. The number of hydrogen-bond donors (Lipinski definition) is 1. The van der Waals surface area contributed by atoms with E-state index in [4.69, 9.17) is 4.74 Å². The summed E-state index contributed by atoms with van der Waals surface area (Å²) in [5.74, 6) is -0.184. The molecule has 1 amide bonds. The Bertz CT molecular complexity index is 344. The SMILES string of the molecule is COCC1(CNC(=O)c2ccon2)CCC1. The Morgan fingerprint density at radius 2 is 2.50 bits per heavy atom. The van der Waals surface area contributed by atoms with Gasteiger partial charge in [0.25, 0.3) is 5.91 Å². The number of ether oxygens (including phenoxy) is 1. The third-order valence-corrected chi connectivity index (χ3v) is 3.16. The molecular weight excluding hydrogens is 208 g/mol. The first-order chi connectivity index (χ1) is 7.76. The number of nitrogens with one attached hydrogen (secondary N) is 1. The summed E-state index contributed by atoms with van der Waals surface area (Å²) in [5, 5.41) is 6.46. The van der Waals surface area contributed by atoms with Crippen LogP contribution in [0, 0.1) is 5.41 Å². The van der Waals surface area contributed by atoms with Crippen molar-refractivity contribution in [2.45, 2.75) is 19.3 Å². The number of nitrogens with zero attached hydrogens (tertiary/aromatic N) is 1. The minimum Gasteiger partial charge on any atom is -0.384 e. The van der Waals surface area contributed by atoms with E-state index in [1.165, 1.54) is 12.7 Å². The molecule has 5 heteroatoms. The zero-order valence-corrected chi connectivity index (χ0v) is 9.36. The predicted molar refractivity (Wildman–Crippen MR) is 57.0 cm³/mol. The van der Waals surface area contributed by atoms with Crippen molar-refractivity contribution >= 4 is 5.91 Å². The molecule has 1 saturated carbocycles. The maximum atomic E-state index is 11.6. The molecule has 0 aromatic carbocycles. The summed E-state index contributed by atoms with van der Waals surface area (Å²) in [5.41, 5.74) is 0.459. The van der Waals surface area contributed by atoms with E-state index in [0.717, 1.165) is 12.8 Å². The topological polar surface area (TPSA) is 64.4 Å². The molecule has 0 atom stereocenters. The average Bonchev–Trinajstić information content (AvgIpc) is 2.74. The highest BCUT2D eigenvalue weighted by atomic mass is 16.5. The standard InChI is InChI=1S/C11H16N2O3/c1-15-8-11(4-2-5-11)7-12-10(14)9-3-6-16-13-9/h3,6H,2,4-5,7-8H2,1H3,(H,12,14). The summed E-state index contributed by atoms with van der Waals surface area (Å²) in [4.78, 5) is 11.6. The molecule has 1 heterocycles. The van der Waals surface area contributed by atoms with Crippen molar-refractivity contribution in [1.29, 1.82) is 0 Å². The van der Waals surface area contributed by atoms with E-state index in [0.29, 0.717) is 18.8 Å². The lowest BCUT2D eigenvalue weighted by atomic mass is 9.69. The first-order valence-electron chi connectivity index (χ1n) is 5.43. The molecule has 1 aliphatic carbocycles.